The smallest absolute Gasteiger partial charge is 0.413 e. The van der Waals surface area contributed by atoms with Crippen molar-refractivity contribution in [3.8, 4) is 17.4 Å². The summed E-state index contributed by atoms with van der Waals surface area (Å²) < 4.78 is 11.7. The van der Waals surface area contributed by atoms with E-state index in [2.05, 4.69) is 10.6 Å². The number of rotatable bonds is 2. The first-order chi connectivity index (χ1) is 13.2. The topological polar surface area (TPSA) is 91.3 Å². The van der Waals surface area contributed by atoms with Crippen LogP contribution in [0.25, 0.3) is 16.5 Å². The first kappa shape index (κ1) is 15.4. The van der Waals surface area contributed by atoms with E-state index in [-0.39, 0.29) is 5.69 Å². The lowest BCUT2D eigenvalue weighted by atomic mass is 9.94. The van der Waals surface area contributed by atoms with Gasteiger partial charge in [0.2, 0.25) is 5.69 Å². The van der Waals surface area contributed by atoms with Crippen molar-refractivity contribution in [2.24, 2.45) is 0 Å². The van der Waals surface area contributed by atoms with Crippen molar-refractivity contribution in [2.45, 2.75) is 6.04 Å². The zero-order chi connectivity index (χ0) is 18.4. The number of hydrogen-bond acceptors (Lipinski definition) is 5. The highest BCUT2D eigenvalue weighted by Gasteiger charge is 2.38. The minimum Gasteiger partial charge on any atom is -0.539 e. The molecular weight excluding hydrogens is 346 g/mol. The zero-order valence-electron chi connectivity index (χ0n) is 14.0. The maximum Gasteiger partial charge on any atom is 0.413 e. The summed E-state index contributed by atoms with van der Waals surface area (Å²) in [6, 6.07) is 19.7. The molecule has 1 unspecified atom stereocenters. The van der Waals surface area contributed by atoms with Gasteiger partial charge < -0.3 is 19.7 Å². The largest absolute Gasteiger partial charge is 0.539 e. The molecule has 4 aromatic rings. The molecule has 0 saturated heterocycles. The Bertz CT molecular complexity index is 1170. The molecule has 1 aromatic heterocycles. The van der Waals surface area contributed by atoms with Crippen LogP contribution in [0, 0.1) is 0 Å². The van der Waals surface area contributed by atoms with Crippen LogP contribution in [0.4, 0.5) is 4.79 Å². The quantitative estimate of drug-likeness (QED) is 0.555. The predicted octanol–water partition coefficient (Wildman–Crippen LogP) is 2.37. The van der Waals surface area contributed by atoms with Gasteiger partial charge in [0.25, 0.3) is 5.69 Å². The SMILES string of the molecule is O=C1NC(c2c([O-])on[n+]2-c2ccccc2)c2c(ccc3ccccc23)O1. The molecule has 3 aromatic carbocycles. The van der Waals surface area contributed by atoms with Gasteiger partial charge in [0.15, 0.2) is 12.0 Å². The Kier molecular flexibility index (Phi) is 3.33. The average molecular weight is 359 g/mol. The fourth-order valence-electron chi connectivity index (χ4n) is 3.44. The van der Waals surface area contributed by atoms with Crippen LogP contribution >= 0.6 is 0 Å². The number of nitrogens with zero attached hydrogens (tertiary/aromatic N) is 2. The Hall–Kier alpha value is -3.87. The first-order valence-corrected chi connectivity index (χ1v) is 8.37. The molecular formula is C20H13N3O4. The van der Waals surface area contributed by atoms with Crippen LogP contribution < -0.4 is 19.8 Å². The van der Waals surface area contributed by atoms with E-state index < -0.39 is 18.1 Å². The summed E-state index contributed by atoms with van der Waals surface area (Å²) >= 11 is 0. The summed E-state index contributed by atoms with van der Waals surface area (Å²) in [5.74, 6) is -0.215. The minimum absolute atomic E-state index is 0.204. The predicted molar refractivity (Wildman–Crippen MR) is 92.4 cm³/mol. The van der Waals surface area contributed by atoms with Crippen LogP contribution in [-0.2, 0) is 0 Å². The van der Waals surface area contributed by atoms with Crippen LogP contribution in [0.5, 0.6) is 11.7 Å². The van der Waals surface area contributed by atoms with Crippen molar-refractivity contribution >= 4 is 16.9 Å². The van der Waals surface area contributed by atoms with Gasteiger partial charge in [-0.3, -0.25) is 0 Å². The number of aromatic nitrogens is 2. The highest BCUT2D eigenvalue weighted by Crippen LogP contribution is 2.39. The molecule has 0 fully saturated rings. The highest BCUT2D eigenvalue weighted by atomic mass is 16.6. The summed E-state index contributed by atoms with van der Waals surface area (Å²) in [5, 5.41) is 21.0. The molecule has 7 heteroatoms. The van der Waals surface area contributed by atoms with Gasteiger partial charge in [-0.1, -0.05) is 48.5 Å². The summed E-state index contributed by atoms with van der Waals surface area (Å²) in [4.78, 5) is 12.1. The zero-order valence-corrected chi connectivity index (χ0v) is 14.0. The Morgan fingerprint density at radius 3 is 2.63 bits per heavy atom. The number of carbonyl (C=O) groups is 1. The number of fused-ring (bicyclic) bond motifs is 3. The Balaban J connectivity index is 1.78. The number of benzene rings is 3. The van der Waals surface area contributed by atoms with E-state index in [0.29, 0.717) is 17.0 Å². The standard InChI is InChI=1S/C20H13N3O4/c24-19-18(23(22-27-19)13-7-2-1-3-8-13)17-16-14-9-5-4-6-12(14)10-11-15(16)26-20(25)21-17/h1-11,17H,(H-,21,22,24,25). The lowest BCUT2D eigenvalue weighted by molar-refractivity contribution is -0.678. The molecule has 1 aliphatic heterocycles. The van der Waals surface area contributed by atoms with Crippen molar-refractivity contribution in [1.82, 2.24) is 10.6 Å². The monoisotopic (exact) mass is 359 g/mol. The van der Waals surface area contributed by atoms with E-state index in [4.69, 9.17) is 9.26 Å². The molecule has 5 rings (SSSR count). The Morgan fingerprint density at radius 1 is 1.00 bits per heavy atom. The Labute approximate surface area is 153 Å². The second-order valence-electron chi connectivity index (χ2n) is 6.16. The van der Waals surface area contributed by atoms with Gasteiger partial charge >= 0.3 is 6.09 Å². The van der Waals surface area contributed by atoms with Crippen LogP contribution in [0.3, 0.4) is 0 Å². The molecule has 132 valence electrons. The van der Waals surface area contributed by atoms with Crippen LogP contribution in [-0.4, -0.2) is 11.4 Å². The summed E-state index contributed by atoms with van der Waals surface area (Å²) in [7, 11) is 0. The maximum absolute atomic E-state index is 12.5. The molecule has 0 radical (unpaired) electrons. The molecule has 0 spiro atoms. The van der Waals surface area contributed by atoms with Crippen LogP contribution in [0.15, 0.2) is 71.3 Å². The summed E-state index contributed by atoms with van der Waals surface area (Å²) in [6.45, 7) is 0. The first-order valence-electron chi connectivity index (χ1n) is 8.37. The van der Waals surface area contributed by atoms with Gasteiger partial charge in [-0.25, -0.2) is 4.79 Å². The summed E-state index contributed by atoms with van der Waals surface area (Å²) in [5.41, 5.74) is 1.55. The van der Waals surface area contributed by atoms with E-state index in [1.165, 1.54) is 4.68 Å². The lowest BCUT2D eigenvalue weighted by Gasteiger charge is -2.25. The van der Waals surface area contributed by atoms with E-state index in [1.807, 2.05) is 48.5 Å². The number of para-hydroxylation sites is 1. The number of nitrogens with one attached hydrogen (secondary N) is 1. The molecule has 27 heavy (non-hydrogen) atoms. The summed E-state index contributed by atoms with van der Waals surface area (Å²) in [6.07, 6.45) is -0.636. The molecule has 0 bridgehead atoms. The van der Waals surface area contributed by atoms with E-state index in [9.17, 15) is 9.90 Å². The number of ether oxygens (including phenoxy) is 1. The van der Waals surface area contributed by atoms with Crippen LogP contribution in [0.1, 0.15) is 17.3 Å². The molecule has 1 aliphatic rings. The molecule has 0 aliphatic carbocycles. The van der Waals surface area contributed by atoms with Crippen molar-refractivity contribution < 1.29 is 23.8 Å². The normalized spacial score (nSPS) is 15.9. The van der Waals surface area contributed by atoms with E-state index in [1.54, 1.807) is 18.2 Å². The van der Waals surface area contributed by atoms with Gasteiger partial charge in [-0.05, 0) is 21.5 Å². The molecule has 1 N–H and O–H groups in total. The van der Waals surface area contributed by atoms with Crippen molar-refractivity contribution in [3.63, 3.8) is 0 Å². The van der Waals surface area contributed by atoms with Crippen LogP contribution in [0.2, 0.25) is 0 Å². The number of amides is 1. The minimum atomic E-state index is -0.758. The molecule has 1 amide bonds. The molecule has 0 saturated carbocycles. The van der Waals surface area contributed by atoms with Crippen molar-refractivity contribution in [1.29, 1.82) is 0 Å². The van der Waals surface area contributed by atoms with E-state index in [0.717, 1.165) is 10.8 Å². The number of carbonyl (C=O) groups excluding carboxylic acids is 1. The highest BCUT2D eigenvalue weighted by molar-refractivity contribution is 5.91. The fourth-order valence-corrected chi connectivity index (χ4v) is 3.44. The lowest BCUT2D eigenvalue weighted by Crippen LogP contribution is -2.45. The van der Waals surface area contributed by atoms with Gasteiger partial charge in [-0.15, -0.1) is 0 Å². The van der Waals surface area contributed by atoms with Gasteiger partial charge in [0, 0.05) is 17.7 Å². The molecule has 1 atom stereocenters. The van der Waals surface area contributed by atoms with Gasteiger partial charge in [-0.2, -0.15) is 0 Å². The fraction of sp³-hybridized carbons (Fsp3) is 0.0500. The average Bonchev–Trinajstić information content (AvgIpc) is 3.09. The van der Waals surface area contributed by atoms with Crippen molar-refractivity contribution in [2.75, 3.05) is 0 Å². The van der Waals surface area contributed by atoms with E-state index >= 15 is 0 Å². The third-order valence-corrected chi connectivity index (χ3v) is 4.60. The van der Waals surface area contributed by atoms with Gasteiger partial charge in [0.05, 0.1) is 5.27 Å². The van der Waals surface area contributed by atoms with Crippen molar-refractivity contribution in [3.05, 3.63) is 78.0 Å². The molecule has 2 heterocycles. The third kappa shape index (κ3) is 2.40. The molecule has 7 nitrogen and oxygen atoms in total. The maximum atomic E-state index is 12.5. The van der Waals surface area contributed by atoms with Gasteiger partial charge in [0.1, 0.15) is 5.75 Å². The Morgan fingerprint density at radius 2 is 1.78 bits per heavy atom. The third-order valence-electron chi connectivity index (χ3n) is 4.60. The second kappa shape index (κ2) is 5.84. The number of hydrogen-bond donors (Lipinski definition) is 1. The second-order valence-corrected chi connectivity index (χ2v) is 6.16.